The van der Waals surface area contributed by atoms with Gasteiger partial charge in [0.2, 0.25) is 0 Å². The van der Waals surface area contributed by atoms with Crippen LogP contribution in [0.5, 0.6) is 0 Å². The van der Waals surface area contributed by atoms with E-state index in [2.05, 4.69) is 0 Å². The van der Waals surface area contributed by atoms with Gasteiger partial charge in [0.25, 0.3) is 0 Å². The maximum absolute atomic E-state index is 9.78. The molecule has 0 aromatic heterocycles. The molecular weight excluding hydrogens is 219 g/mol. The molecule has 0 radical (unpaired) electrons. The highest BCUT2D eigenvalue weighted by Gasteiger charge is 1.94. The summed E-state index contributed by atoms with van der Waals surface area (Å²) in [5.74, 6) is -2.00. The Balaban J connectivity index is 0. The van der Waals surface area contributed by atoms with Crippen LogP contribution in [-0.4, -0.2) is 22.2 Å². The monoisotopic (exact) mass is 226 g/mol. The first-order valence-corrected chi connectivity index (χ1v) is 3.83. The third kappa shape index (κ3) is 13.9. The van der Waals surface area contributed by atoms with Gasteiger partial charge in [-0.05, 0) is 6.92 Å². The molecule has 0 saturated carbocycles. The van der Waals surface area contributed by atoms with E-state index < -0.39 is 11.9 Å². The van der Waals surface area contributed by atoms with Crippen molar-refractivity contribution in [2.24, 2.45) is 0 Å². The summed E-state index contributed by atoms with van der Waals surface area (Å²) in [6.45, 7) is 1.43. The number of aliphatic carboxylic acids is 2. The number of carboxylic acid groups (broad SMARTS) is 2. The molecule has 0 bridgehead atoms. The zero-order valence-electron chi connectivity index (χ0n) is 6.70. The second-order valence-electron chi connectivity index (χ2n) is 1.73. The Morgan fingerprint density at radius 1 is 1.23 bits per heavy atom. The van der Waals surface area contributed by atoms with Crippen LogP contribution in [0.4, 0.5) is 0 Å². The summed E-state index contributed by atoms with van der Waals surface area (Å²) in [6, 6.07) is 0. The molecule has 0 heterocycles. The summed E-state index contributed by atoms with van der Waals surface area (Å²) < 4.78 is 0. The third-order valence-corrected chi connectivity index (χ3v) is 1.16. The van der Waals surface area contributed by atoms with Crippen molar-refractivity contribution < 1.29 is 19.8 Å². The van der Waals surface area contributed by atoms with Gasteiger partial charge in [0.1, 0.15) is 0 Å². The largest absolute Gasteiger partial charge is 0.478 e. The van der Waals surface area contributed by atoms with Crippen molar-refractivity contribution in [1.29, 1.82) is 0 Å². The highest BCUT2D eigenvalue weighted by Crippen LogP contribution is 1.92. The highest BCUT2D eigenvalue weighted by molar-refractivity contribution is 6.27. The molecule has 2 N–H and O–H groups in total. The molecule has 0 saturated heterocycles. The quantitative estimate of drug-likeness (QED) is 0.707. The van der Waals surface area contributed by atoms with Gasteiger partial charge in [-0.25, -0.2) is 9.59 Å². The van der Waals surface area contributed by atoms with E-state index in [4.69, 9.17) is 33.4 Å². The molecule has 0 fully saturated rings. The van der Waals surface area contributed by atoms with Crippen LogP contribution in [-0.2, 0) is 9.59 Å². The lowest BCUT2D eigenvalue weighted by atomic mass is 10.4. The Bertz CT molecular complexity index is 233. The molecule has 13 heavy (non-hydrogen) atoms. The molecule has 0 aliphatic rings. The summed E-state index contributed by atoms with van der Waals surface area (Å²) in [5, 5.41) is 15.8. The Hall–Kier alpha value is -1.00. The van der Waals surface area contributed by atoms with Crippen molar-refractivity contribution in [2.75, 3.05) is 0 Å². The van der Waals surface area contributed by atoms with Crippen molar-refractivity contribution in [3.63, 3.8) is 0 Å². The second kappa shape index (κ2) is 9.09. The first-order valence-electron chi connectivity index (χ1n) is 2.95. The van der Waals surface area contributed by atoms with Gasteiger partial charge >= 0.3 is 11.9 Å². The number of carboxylic acids is 2. The number of hydrogen-bond acceptors (Lipinski definition) is 2. The molecule has 0 aromatic rings. The summed E-state index contributed by atoms with van der Waals surface area (Å²) >= 11 is 9.84. The lowest BCUT2D eigenvalue weighted by Gasteiger charge is -1.82. The number of hydrogen-bond donors (Lipinski definition) is 2. The molecule has 74 valence electrons. The fraction of sp³-hybridized carbons (Fsp3) is 0.143. The van der Waals surface area contributed by atoms with Crippen LogP contribution >= 0.6 is 23.2 Å². The van der Waals surface area contributed by atoms with Gasteiger partial charge in [0.15, 0.2) is 0 Å². The minimum absolute atomic E-state index is 0.154. The van der Waals surface area contributed by atoms with Crippen molar-refractivity contribution >= 4 is 35.1 Å². The summed E-state index contributed by atoms with van der Waals surface area (Å²) in [6.07, 6.45) is 0.849. The van der Waals surface area contributed by atoms with Crippen molar-refractivity contribution in [3.8, 4) is 0 Å². The van der Waals surface area contributed by atoms with E-state index in [0.29, 0.717) is 0 Å². The molecule has 0 rings (SSSR count). The number of rotatable bonds is 2. The van der Waals surface area contributed by atoms with E-state index in [1.807, 2.05) is 0 Å². The van der Waals surface area contributed by atoms with Crippen LogP contribution in [0.25, 0.3) is 0 Å². The first-order chi connectivity index (χ1) is 5.95. The Morgan fingerprint density at radius 3 is 1.69 bits per heavy atom. The van der Waals surface area contributed by atoms with Gasteiger partial charge in [-0.15, -0.1) is 0 Å². The van der Waals surface area contributed by atoms with Crippen LogP contribution in [0, 0.1) is 0 Å². The van der Waals surface area contributed by atoms with Crippen molar-refractivity contribution in [2.45, 2.75) is 6.92 Å². The van der Waals surface area contributed by atoms with Crippen LogP contribution in [0.1, 0.15) is 6.92 Å². The standard InChI is InChI=1S/C4H5ClO2.C3H3ClO2/c1-3(2-5)4(6)7;4-2-1-3(5)6/h2H,1H3,(H,6,7);1-2H,(H,5,6). The second-order valence-corrected chi connectivity index (χ2v) is 2.20. The zero-order chi connectivity index (χ0) is 10.9. The number of carbonyl (C=O) groups is 2. The summed E-state index contributed by atoms with van der Waals surface area (Å²) in [7, 11) is 0. The zero-order valence-corrected chi connectivity index (χ0v) is 8.21. The number of halogens is 2. The molecule has 4 nitrogen and oxygen atoms in total. The fourth-order valence-electron chi connectivity index (χ4n) is 0.101. The average Bonchev–Trinajstić information content (AvgIpc) is 2.03. The normalized spacial score (nSPS) is 10.5. The predicted molar refractivity (Wildman–Crippen MR) is 49.9 cm³/mol. The Morgan fingerprint density at radius 2 is 1.69 bits per heavy atom. The first kappa shape index (κ1) is 14.5. The van der Waals surface area contributed by atoms with E-state index in [9.17, 15) is 9.59 Å². The van der Waals surface area contributed by atoms with Gasteiger partial charge in [-0.3, -0.25) is 0 Å². The third-order valence-electron chi connectivity index (χ3n) is 0.707. The van der Waals surface area contributed by atoms with Crippen LogP contribution in [0.2, 0.25) is 0 Å². The van der Waals surface area contributed by atoms with Crippen molar-refractivity contribution in [3.05, 3.63) is 22.7 Å². The minimum atomic E-state index is -1.02. The van der Waals surface area contributed by atoms with Crippen LogP contribution in [0.15, 0.2) is 22.7 Å². The maximum Gasteiger partial charge on any atom is 0.332 e. The van der Waals surface area contributed by atoms with E-state index in [0.717, 1.165) is 17.1 Å². The molecule has 0 atom stereocenters. The topological polar surface area (TPSA) is 74.6 Å². The van der Waals surface area contributed by atoms with E-state index >= 15 is 0 Å². The van der Waals surface area contributed by atoms with E-state index in [1.54, 1.807) is 0 Å². The molecular formula is C7H8Cl2O4. The fourth-order valence-corrected chi connectivity index (χ4v) is 0.302. The lowest BCUT2D eigenvalue weighted by Crippen LogP contribution is -1.93. The molecule has 0 aliphatic heterocycles. The Labute approximate surface area is 85.1 Å². The Kier molecular flexibility index (Phi) is 10.2. The van der Waals surface area contributed by atoms with Gasteiger partial charge in [0, 0.05) is 22.7 Å². The SMILES string of the molecule is CC(=CCl)C(=O)O.O=C(O)C=CCl. The molecule has 0 spiro atoms. The van der Waals surface area contributed by atoms with Gasteiger partial charge in [-0.1, -0.05) is 23.2 Å². The summed E-state index contributed by atoms with van der Waals surface area (Å²) in [5.41, 5.74) is 2.13. The molecule has 6 heteroatoms. The smallest absolute Gasteiger partial charge is 0.332 e. The predicted octanol–water partition coefficient (Wildman–Crippen LogP) is 2.04. The van der Waals surface area contributed by atoms with E-state index in [-0.39, 0.29) is 5.57 Å². The van der Waals surface area contributed by atoms with Gasteiger partial charge in [0.05, 0.1) is 0 Å². The molecule has 0 aromatic carbocycles. The minimum Gasteiger partial charge on any atom is -0.478 e. The van der Waals surface area contributed by atoms with Crippen molar-refractivity contribution in [1.82, 2.24) is 0 Å². The molecule has 0 amide bonds. The molecule has 0 unspecified atom stereocenters. The van der Waals surface area contributed by atoms with E-state index in [1.165, 1.54) is 6.92 Å². The average molecular weight is 227 g/mol. The lowest BCUT2D eigenvalue weighted by molar-refractivity contribution is -0.133. The van der Waals surface area contributed by atoms with Crippen LogP contribution < -0.4 is 0 Å². The highest BCUT2D eigenvalue weighted by atomic mass is 35.5. The molecule has 0 aliphatic carbocycles. The summed E-state index contributed by atoms with van der Waals surface area (Å²) in [4.78, 5) is 19.2. The maximum atomic E-state index is 9.78. The van der Waals surface area contributed by atoms with Crippen LogP contribution in [0.3, 0.4) is 0 Å². The van der Waals surface area contributed by atoms with Gasteiger partial charge in [-0.2, -0.15) is 0 Å². The van der Waals surface area contributed by atoms with Gasteiger partial charge < -0.3 is 10.2 Å².